The lowest BCUT2D eigenvalue weighted by atomic mass is 10.3. The molecule has 106 valence electrons. The summed E-state index contributed by atoms with van der Waals surface area (Å²) in [6.45, 7) is 5.44. The lowest BCUT2D eigenvalue weighted by molar-refractivity contribution is 0.146. The summed E-state index contributed by atoms with van der Waals surface area (Å²) in [6, 6.07) is 8.14. The van der Waals surface area contributed by atoms with Crippen molar-refractivity contribution in [2.24, 2.45) is 0 Å². The Morgan fingerprint density at radius 2 is 1.95 bits per heavy atom. The minimum Gasteiger partial charge on any atom is -0.317 e. The summed E-state index contributed by atoms with van der Waals surface area (Å²) in [7, 11) is 2.18. The first-order valence-corrected chi connectivity index (χ1v) is 7.30. The number of likely N-dealkylation sites (N-methyl/N-ethyl adjacent to an activating group) is 1. The van der Waals surface area contributed by atoms with Crippen LogP contribution in [-0.4, -0.2) is 52.6 Å². The number of hydrogen-bond donors (Lipinski definition) is 0. The van der Waals surface area contributed by atoms with Gasteiger partial charge < -0.3 is 9.47 Å². The molecule has 0 saturated carbocycles. The second kappa shape index (κ2) is 5.95. The Labute approximate surface area is 124 Å². The van der Waals surface area contributed by atoms with E-state index in [9.17, 15) is 0 Å². The lowest BCUT2D eigenvalue weighted by Crippen LogP contribution is -2.44. The summed E-state index contributed by atoms with van der Waals surface area (Å²) in [6.07, 6.45) is 3.77. The van der Waals surface area contributed by atoms with E-state index in [4.69, 9.17) is 11.6 Å². The van der Waals surface area contributed by atoms with Gasteiger partial charge in [0.05, 0.1) is 5.69 Å². The first kappa shape index (κ1) is 13.6. The van der Waals surface area contributed by atoms with Crippen LogP contribution in [-0.2, 0) is 6.54 Å². The molecule has 0 amide bonds. The molecule has 1 fully saturated rings. The molecule has 0 spiro atoms. The van der Waals surface area contributed by atoms with Gasteiger partial charge in [0.15, 0.2) is 5.15 Å². The molecule has 2 aromatic heterocycles. The van der Waals surface area contributed by atoms with Crippen molar-refractivity contribution in [2.75, 3.05) is 33.2 Å². The maximum atomic E-state index is 6.20. The van der Waals surface area contributed by atoms with E-state index in [2.05, 4.69) is 38.5 Å². The molecule has 0 unspecified atom stereocenters. The van der Waals surface area contributed by atoms with E-state index in [0.717, 1.165) is 38.4 Å². The zero-order valence-corrected chi connectivity index (χ0v) is 12.4. The quantitative estimate of drug-likeness (QED) is 0.811. The molecule has 3 heterocycles. The molecule has 0 aliphatic carbocycles. The summed E-state index contributed by atoms with van der Waals surface area (Å²) in [4.78, 5) is 9.01. The molecular formula is C15H19ClN4. The van der Waals surface area contributed by atoms with Crippen molar-refractivity contribution in [3.8, 4) is 5.69 Å². The average molecular weight is 291 g/mol. The molecule has 5 heteroatoms. The van der Waals surface area contributed by atoms with Gasteiger partial charge in [-0.2, -0.15) is 0 Å². The third-order valence-corrected chi connectivity index (χ3v) is 4.10. The zero-order valence-electron chi connectivity index (χ0n) is 11.7. The first-order valence-electron chi connectivity index (χ1n) is 6.92. The molecule has 0 bridgehead atoms. The van der Waals surface area contributed by atoms with Crippen LogP contribution >= 0.6 is 11.6 Å². The first-order chi connectivity index (χ1) is 9.74. The Balaban J connectivity index is 1.79. The van der Waals surface area contributed by atoms with Gasteiger partial charge in [0, 0.05) is 50.8 Å². The Morgan fingerprint density at radius 3 is 2.70 bits per heavy atom. The fourth-order valence-corrected chi connectivity index (χ4v) is 2.78. The third-order valence-electron chi connectivity index (χ3n) is 3.81. The maximum Gasteiger partial charge on any atom is 0.152 e. The van der Waals surface area contributed by atoms with E-state index in [1.165, 1.54) is 5.69 Å². The highest BCUT2D eigenvalue weighted by atomic mass is 35.5. The van der Waals surface area contributed by atoms with Crippen LogP contribution in [0.4, 0.5) is 0 Å². The van der Waals surface area contributed by atoms with Crippen molar-refractivity contribution in [1.82, 2.24) is 19.4 Å². The van der Waals surface area contributed by atoms with Gasteiger partial charge in [-0.1, -0.05) is 11.6 Å². The number of rotatable bonds is 3. The molecule has 0 aromatic carbocycles. The summed E-state index contributed by atoms with van der Waals surface area (Å²) in [5, 5.41) is 0.545. The summed E-state index contributed by atoms with van der Waals surface area (Å²) < 4.78 is 2.13. The van der Waals surface area contributed by atoms with Gasteiger partial charge in [-0.25, -0.2) is 4.98 Å². The van der Waals surface area contributed by atoms with Gasteiger partial charge in [-0.3, -0.25) is 4.90 Å². The highest BCUT2D eigenvalue weighted by Crippen LogP contribution is 2.20. The summed E-state index contributed by atoms with van der Waals surface area (Å²) in [5.41, 5.74) is 2.20. The molecule has 1 aliphatic rings. The van der Waals surface area contributed by atoms with E-state index in [-0.39, 0.29) is 0 Å². The zero-order chi connectivity index (χ0) is 13.9. The number of piperazine rings is 1. The molecule has 1 saturated heterocycles. The van der Waals surface area contributed by atoms with Crippen LogP contribution in [0.2, 0.25) is 5.15 Å². The normalized spacial score (nSPS) is 17.5. The van der Waals surface area contributed by atoms with Gasteiger partial charge in [-0.05, 0) is 31.3 Å². The van der Waals surface area contributed by atoms with Gasteiger partial charge in [0.25, 0.3) is 0 Å². The van der Waals surface area contributed by atoms with Crippen LogP contribution in [0, 0.1) is 0 Å². The van der Waals surface area contributed by atoms with E-state index in [1.807, 2.05) is 18.3 Å². The Bertz CT molecular complexity index is 573. The Morgan fingerprint density at radius 1 is 1.15 bits per heavy atom. The summed E-state index contributed by atoms with van der Waals surface area (Å²) in [5.74, 6) is 0. The standard InChI is InChI=1S/C15H19ClN4/c1-18-8-10-19(11-9-18)12-13-4-3-7-20(13)14-5-2-6-17-15(14)16/h2-7H,8-12H2,1H3. The maximum absolute atomic E-state index is 6.20. The smallest absolute Gasteiger partial charge is 0.152 e. The predicted molar refractivity (Wildman–Crippen MR) is 81.3 cm³/mol. The van der Waals surface area contributed by atoms with Gasteiger partial charge in [0.1, 0.15) is 0 Å². The van der Waals surface area contributed by atoms with Gasteiger partial charge >= 0.3 is 0 Å². The fourth-order valence-electron chi connectivity index (χ4n) is 2.57. The van der Waals surface area contributed by atoms with Crippen molar-refractivity contribution >= 4 is 11.6 Å². The van der Waals surface area contributed by atoms with Crippen LogP contribution < -0.4 is 0 Å². The van der Waals surface area contributed by atoms with Crippen molar-refractivity contribution in [1.29, 1.82) is 0 Å². The van der Waals surface area contributed by atoms with E-state index < -0.39 is 0 Å². The van der Waals surface area contributed by atoms with Crippen LogP contribution in [0.15, 0.2) is 36.7 Å². The molecule has 1 aliphatic heterocycles. The molecule has 0 N–H and O–H groups in total. The van der Waals surface area contributed by atoms with Crippen LogP contribution in [0.1, 0.15) is 5.69 Å². The summed E-state index contributed by atoms with van der Waals surface area (Å²) >= 11 is 6.20. The highest BCUT2D eigenvalue weighted by Gasteiger charge is 2.16. The van der Waals surface area contributed by atoms with E-state index >= 15 is 0 Å². The SMILES string of the molecule is CN1CCN(Cc2cccn2-c2cccnc2Cl)CC1. The third kappa shape index (κ3) is 2.87. The predicted octanol–water partition coefficient (Wildman–Crippen LogP) is 2.27. The van der Waals surface area contributed by atoms with Crippen LogP contribution in [0.5, 0.6) is 0 Å². The van der Waals surface area contributed by atoms with Crippen molar-refractivity contribution in [3.05, 3.63) is 47.5 Å². The molecule has 4 nitrogen and oxygen atoms in total. The largest absolute Gasteiger partial charge is 0.317 e. The molecule has 2 aromatic rings. The minimum atomic E-state index is 0.545. The van der Waals surface area contributed by atoms with Crippen molar-refractivity contribution < 1.29 is 0 Å². The number of hydrogen-bond acceptors (Lipinski definition) is 3. The highest BCUT2D eigenvalue weighted by molar-refractivity contribution is 6.31. The number of halogens is 1. The molecule has 0 radical (unpaired) electrons. The minimum absolute atomic E-state index is 0.545. The number of nitrogens with zero attached hydrogens (tertiary/aromatic N) is 4. The molecule has 3 rings (SSSR count). The number of pyridine rings is 1. The van der Waals surface area contributed by atoms with Crippen molar-refractivity contribution in [3.63, 3.8) is 0 Å². The second-order valence-electron chi connectivity index (χ2n) is 5.26. The van der Waals surface area contributed by atoms with Gasteiger partial charge in [-0.15, -0.1) is 0 Å². The lowest BCUT2D eigenvalue weighted by Gasteiger charge is -2.32. The second-order valence-corrected chi connectivity index (χ2v) is 5.62. The Hall–Kier alpha value is -1.36. The van der Waals surface area contributed by atoms with E-state index in [1.54, 1.807) is 6.20 Å². The Kier molecular flexibility index (Phi) is 4.05. The van der Waals surface area contributed by atoms with Gasteiger partial charge in [0.2, 0.25) is 0 Å². The van der Waals surface area contributed by atoms with Crippen LogP contribution in [0.25, 0.3) is 5.69 Å². The fraction of sp³-hybridized carbons (Fsp3) is 0.400. The number of aromatic nitrogens is 2. The average Bonchev–Trinajstić information content (AvgIpc) is 2.90. The molecule has 0 atom stereocenters. The topological polar surface area (TPSA) is 24.3 Å². The van der Waals surface area contributed by atoms with Crippen molar-refractivity contribution in [2.45, 2.75) is 6.54 Å². The molecule has 20 heavy (non-hydrogen) atoms. The van der Waals surface area contributed by atoms with Crippen LogP contribution in [0.3, 0.4) is 0 Å². The molecular weight excluding hydrogens is 272 g/mol. The monoisotopic (exact) mass is 290 g/mol. The van der Waals surface area contributed by atoms with E-state index in [0.29, 0.717) is 5.15 Å².